The minimum Gasteiger partial charge on any atom is -0.294 e. The first kappa shape index (κ1) is 22.0. The maximum Gasteiger partial charge on any atom is 0.168 e. The lowest BCUT2D eigenvalue weighted by Gasteiger charge is -2.16. The van der Waals surface area contributed by atoms with Gasteiger partial charge in [-0.15, -0.1) is 0 Å². The quantitative estimate of drug-likeness (QED) is 0.288. The molecule has 0 heterocycles. The summed E-state index contributed by atoms with van der Waals surface area (Å²) in [5.41, 5.74) is 4.76. The molecule has 0 aliphatic heterocycles. The lowest BCUT2D eigenvalue weighted by molar-refractivity contribution is 0.0858. The number of unbranched alkanes of at least 4 members (excludes halogenated alkanes) is 2. The molecule has 0 atom stereocenters. The summed E-state index contributed by atoms with van der Waals surface area (Å²) < 4.78 is 14.9. The van der Waals surface area contributed by atoms with Gasteiger partial charge in [0.2, 0.25) is 0 Å². The zero-order valence-electron chi connectivity index (χ0n) is 18.5. The third-order valence-corrected chi connectivity index (χ3v) is 5.46. The van der Waals surface area contributed by atoms with Crippen LogP contribution in [0.2, 0.25) is 0 Å². The Morgan fingerprint density at radius 1 is 0.800 bits per heavy atom. The van der Waals surface area contributed by atoms with Gasteiger partial charge in [0.05, 0.1) is 0 Å². The Kier molecular flexibility index (Phi) is 6.87. The average molecular weight is 403 g/mol. The van der Waals surface area contributed by atoms with E-state index in [9.17, 15) is 9.18 Å². The smallest absolute Gasteiger partial charge is 0.168 e. The van der Waals surface area contributed by atoms with Crippen LogP contribution in [0.25, 0.3) is 22.3 Å². The standard InChI is InChI=1S/C28H31FO/c1-5-6-7-8-20-9-11-21(12-10-20)24-17-18-25(26(29)19-24)22-13-15-23(16-14-22)27(30)28(2,3)4/h9-19H,5-8H2,1-4H3. The van der Waals surface area contributed by atoms with E-state index in [2.05, 4.69) is 31.2 Å². The van der Waals surface area contributed by atoms with E-state index in [1.54, 1.807) is 18.2 Å². The number of Topliss-reactive ketones (excluding diaryl/α,β-unsaturated/α-hetero) is 1. The minimum atomic E-state index is -0.431. The molecule has 3 aromatic rings. The summed E-state index contributed by atoms with van der Waals surface area (Å²) in [5, 5.41) is 0. The van der Waals surface area contributed by atoms with E-state index in [4.69, 9.17) is 0 Å². The summed E-state index contributed by atoms with van der Waals surface area (Å²) in [7, 11) is 0. The van der Waals surface area contributed by atoms with Crippen LogP contribution in [0, 0.1) is 11.2 Å². The van der Waals surface area contributed by atoms with Gasteiger partial charge in [0.15, 0.2) is 5.78 Å². The monoisotopic (exact) mass is 402 g/mol. The van der Waals surface area contributed by atoms with Crippen molar-refractivity contribution in [1.29, 1.82) is 0 Å². The Bertz CT molecular complexity index is 992. The van der Waals surface area contributed by atoms with E-state index >= 15 is 0 Å². The molecule has 0 radical (unpaired) electrons. The van der Waals surface area contributed by atoms with Crippen molar-refractivity contribution in [2.75, 3.05) is 0 Å². The van der Waals surface area contributed by atoms with Crippen molar-refractivity contribution in [3.63, 3.8) is 0 Å². The second-order valence-corrected chi connectivity index (χ2v) is 9.01. The van der Waals surface area contributed by atoms with Crippen LogP contribution in [0.1, 0.15) is 62.9 Å². The molecule has 0 amide bonds. The number of hydrogen-bond acceptors (Lipinski definition) is 1. The van der Waals surface area contributed by atoms with Crippen LogP contribution in [0.5, 0.6) is 0 Å². The van der Waals surface area contributed by atoms with Gasteiger partial charge < -0.3 is 0 Å². The van der Waals surface area contributed by atoms with E-state index in [0.717, 1.165) is 23.1 Å². The van der Waals surface area contributed by atoms with Crippen molar-refractivity contribution in [2.45, 2.75) is 53.4 Å². The molecule has 0 spiro atoms. The van der Waals surface area contributed by atoms with Gasteiger partial charge >= 0.3 is 0 Å². The highest BCUT2D eigenvalue weighted by Crippen LogP contribution is 2.29. The van der Waals surface area contributed by atoms with Crippen LogP contribution in [0.15, 0.2) is 66.7 Å². The van der Waals surface area contributed by atoms with Crippen molar-refractivity contribution in [1.82, 2.24) is 0 Å². The molecule has 0 N–H and O–H groups in total. The Morgan fingerprint density at radius 2 is 1.40 bits per heavy atom. The zero-order chi connectivity index (χ0) is 21.7. The molecular weight excluding hydrogens is 371 g/mol. The molecular formula is C28H31FO. The summed E-state index contributed by atoms with van der Waals surface area (Å²) in [4.78, 5) is 12.4. The van der Waals surface area contributed by atoms with Crippen LogP contribution >= 0.6 is 0 Å². The first-order valence-corrected chi connectivity index (χ1v) is 10.8. The third kappa shape index (κ3) is 5.24. The van der Waals surface area contributed by atoms with Crippen LogP contribution in [0.3, 0.4) is 0 Å². The van der Waals surface area contributed by atoms with Gasteiger partial charge in [0.25, 0.3) is 0 Å². The highest BCUT2D eigenvalue weighted by Gasteiger charge is 2.22. The van der Waals surface area contributed by atoms with Crippen LogP contribution in [0.4, 0.5) is 4.39 Å². The molecule has 2 heteroatoms. The SMILES string of the molecule is CCCCCc1ccc(-c2ccc(-c3ccc(C(=O)C(C)(C)C)cc3)c(F)c2)cc1. The topological polar surface area (TPSA) is 17.1 Å². The number of ketones is 1. The first-order chi connectivity index (χ1) is 14.3. The third-order valence-electron chi connectivity index (χ3n) is 5.46. The molecule has 0 bridgehead atoms. The maximum atomic E-state index is 14.9. The van der Waals surface area contributed by atoms with Crippen molar-refractivity contribution < 1.29 is 9.18 Å². The molecule has 3 rings (SSSR count). The molecule has 156 valence electrons. The van der Waals surface area contributed by atoms with Crippen molar-refractivity contribution in [2.24, 2.45) is 5.41 Å². The Morgan fingerprint density at radius 3 is 1.97 bits per heavy atom. The number of aryl methyl sites for hydroxylation is 1. The van der Waals surface area contributed by atoms with E-state index in [1.165, 1.54) is 24.8 Å². The summed E-state index contributed by atoms with van der Waals surface area (Å²) in [5.74, 6) is -0.169. The predicted octanol–water partition coefficient (Wildman–Crippen LogP) is 8.12. The van der Waals surface area contributed by atoms with Gasteiger partial charge in [-0.05, 0) is 41.2 Å². The van der Waals surface area contributed by atoms with Gasteiger partial charge in [-0.3, -0.25) is 4.79 Å². The second-order valence-electron chi connectivity index (χ2n) is 9.01. The molecule has 30 heavy (non-hydrogen) atoms. The summed E-state index contributed by atoms with van der Waals surface area (Å²) >= 11 is 0. The van der Waals surface area contributed by atoms with Gasteiger partial charge in [-0.25, -0.2) is 4.39 Å². The first-order valence-electron chi connectivity index (χ1n) is 10.8. The van der Waals surface area contributed by atoms with Gasteiger partial charge in [0.1, 0.15) is 5.82 Å². The highest BCUT2D eigenvalue weighted by atomic mass is 19.1. The summed E-state index contributed by atoms with van der Waals surface area (Å²) in [6.45, 7) is 7.92. The van der Waals surface area contributed by atoms with Crippen LogP contribution < -0.4 is 0 Å². The highest BCUT2D eigenvalue weighted by molar-refractivity contribution is 6.00. The van der Waals surface area contributed by atoms with E-state index in [0.29, 0.717) is 11.1 Å². The molecule has 0 saturated carbocycles. The Labute approximate surface area is 180 Å². The lowest BCUT2D eigenvalue weighted by atomic mass is 9.86. The Balaban J connectivity index is 1.78. The van der Waals surface area contributed by atoms with Gasteiger partial charge in [0, 0.05) is 16.5 Å². The lowest BCUT2D eigenvalue weighted by Crippen LogP contribution is -2.19. The summed E-state index contributed by atoms with van der Waals surface area (Å²) in [6, 6.07) is 21.0. The van der Waals surface area contributed by atoms with E-state index < -0.39 is 5.41 Å². The number of carbonyl (C=O) groups is 1. The Hall–Kier alpha value is -2.74. The van der Waals surface area contributed by atoms with Crippen molar-refractivity contribution >= 4 is 5.78 Å². The number of carbonyl (C=O) groups excluding carboxylic acids is 1. The molecule has 0 saturated heterocycles. The van der Waals surface area contributed by atoms with Crippen molar-refractivity contribution in [3.05, 3.63) is 83.7 Å². The normalized spacial score (nSPS) is 11.5. The number of halogens is 1. The molecule has 3 aromatic carbocycles. The van der Waals surface area contributed by atoms with Gasteiger partial charge in [-0.1, -0.05) is 101 Å². The fraction of sp³-hybridized carbons (Fsp3) is 0.321. The maximum absolute atomic E-state index is 14.9. The molecule has 0 fully saturated rings. The molecule has 0 unspecified atom stereocenters. The van der Waals surface area contributed by atoms with Crippen molar-refractivity contribution in [3.8, 4) is 22.3 Å². The summed E-state index contributed by atoms with van der Waals surface area (Å²) in [6.07, 6.45) is 4.77. The molecule has 0 aromatic heterocycles. The zero-order valence-corrected chi connectivity index (χ0v) is 18.5. The fourth-order valence-electron chi connectivity index (χ4n) is 3.61. The number of rotatable bonds is 7. The fourth-order valence-corrected chi connectivity index (χ4v) is 3.61. The largest absolute Gasteiger partial charge is 0.294 e. The number of hydrogen-bond donors (Lipinski definition) is 0. The predicted molar refractivity (Wildman–Crippen MR) is 124 cm³/mol. The van der Waals surface area contributed by atoms with Crippen LogP contribution in [-0.4, -0.2) is 5.78 Å². The van der Waals surface area contributed by atoms with Gasteiger partial charge in [-0.2, -0.15) is 0 Å². The van der Waals surface area contributed by atoms with E-state index in [-0.39, 0.29) is 11.6 Å². The number of benzene rings is 3. The molecule has 0 aliphatic carbocycles. The molecule has 1 nitrogen and oxygen atoms in total. The minimum absolute atomic E-state index is 0.0861. The average Bonchev–Trinajstić information content (AvgIpc) is 2.73. The molecule has 0 aliphatic rings. The van der Waals surface area contributed by atoms with Crippen LogP contribution in [-0.2, 0) is 6.42 Å². The van der Waals surface area contributed by atoms with E-state index in [1.807, 2.05) is 45.0 Å². The second kappa shape index (κ2) is 9.38.